The van der Waals surface area contributed by atoms with Crippen LogP contribution < -0.4 is 10.6 Å². The lowest BCUT2D eigenvalue weighted by Gasteiger charge is -2.30. The highest BCUT2D eigenvalue weighted by molar-refractivity contribution is 5.98. The van der Waals surface area contributed by atoms with Crippen molar-refractivity contribution in [3.05, 3.63) is 35.9 Å². The van der Waals surface area contributed by atoms with Crippen molar-refractivity contribution in [3.8, 4) is 0 Å². The number of nitrogens with one attached hydrogen (secondary N) is 2. The summed E-state index contributed by atoms with van der Waals surface area (Å²) in [7, 11) is 0. The number of rotatable bonds is 3. The van der Waals surface area contributed by atoms with Crippen LogP contribution in [0.1, 0.15) is 18.4 Å². The second-order valence-electron chi connectivity index (χ2n) is 5.95. The molecule has 1 aromatic rings. The second-order valence-corrected chi connectivity index (χ2v) is 5.95. The molecule has 0 saturated carbocycles. The Morgan fingerprint density at radius 3 is 2.67 bits per heavy atom. The van der Waals surface area contributed by atoms with Crippen LogP contribution in [0.15, 0.2) is 35.3 Å². The molecule has 0 bridgehead atoms. The molecule has 0 unspecified atom stereocenters. The number of carbonyl (C=O) groups excluding carboxylic acids is 2. The monoisotopic (exact) mass is 330 g/mol. The van der Waals surface area contributed by atoms with Gasteiger partial charge in [-0.25, -0.2) is 4.79 Å². The van der Waals surface area contributed by atoms with Crippen LogP contribution in [0.4, 0.5) is 4.79 Å². The SMILES string of the molecule is O=C(NC1=NCCN1)C1CCN(C(=O)OCc2ccccc2)CC1. The lowest BCUT2D eigenvalue weighted by Crippen LogP contribution is -2.46. The van der Waals surface area contributed by atoms with Gasteiger partial charge in [-0.05, 0) is 18.4 Å². The molecule has 2 amide bonds. The maximum atomic E-state index is 12.2. The quantitative estimate of drug-likeness (QED) is 0.870. The highest BCUT2D eigenvalue weighted by Gasteiger charge is 2.28. The number of piperidine rings is 1. The Bertz CT molecular complexity index is 610. The summed E-state index contributed by atoms with van der Waals surface area (Å²) in [6.07, 6.45) is 0.957. The van der Waals surface area contributed by atoms with Gasteiger partial charge in [0.05, 0.1) is 6.54 Å². The van der Waals surface area contributed by atoms with E-state index in [2.05, 4.69) is 15.6 Å². The van der Waals surface area contributed by atoms with Crippen LogP contribution in [0.3, 0.4) is 0 Å². The predicted octanol–water partition coefficient (Wildman–Crippen LogP) is 1.11. The van der Waals surface area contributed by atoms with E-state index in [0.717, 1.165) is 12.1 Å². The van der Waals surface area contributed by atoms with E-state index >= 15 is 0 Å². The van der Waals surface area contributed by atoms with Gasteiger partial charge in [-0.2, -0.15) is 0 Å². The number of carbonyl (C=O) groups is 2. The number of guanidine groups is 1. The first-order valence-electron chi connectivity index (χ1n) is 8.27. The van der Waals surface area contributed by atoms with Gasteiger partial charge in [0, 0.05) is 25.6 Å². The molecule has 2 N–H and O–H groups in total. The highest BCUT2D eigenvalue weighted by Crippen LogP contribution is 2.18. The van der Waals surface area contributed by atoms with Gasteiger partial charge in [-0.15, -0.1) is 0 Å². The molecule has 7 nitrogen and oxygen atoms in total. The lowest BCUT2D eigenvalue weighted by molar-refractivity contribution is -0.124. The molecule has 0 atom stereocenters. The van der Waals surface area contributed by atoms with Crippen molar-refractivity contribution in [2.75, 3.05) is 26.2 Å². The van der Waals surface area contributed by atoms with E-state index in [1.165, 1.54) is 0 Å². The molecule has 0 spiro atoms. The van der Waals surface area contributed by atoms with Crippen LogP contribution in [0.5, 0.6) is 0 Å². The van der Waals surface area contributed by atoms with Crippen LogP contribution in [0.2, 0.25) is 0 Å². The molecule has 2 heterocycles. The van der Waals surface area contributed by atoms with Crippen molar-refractivity contribution in [3.63, 3.8) is 0 Å². The van der Waals surface area contributed by atoms with Crippen molar-refractivity contribution >= 4 is 18.0 Å². The van der Waals surface area contributed by atoms with E-state index < -0.39 is 0 Å². The van der Waals surface area contributed by atoms with Crippen molar-refractivity contribution < 1.29 is 14.3 Å². The Hall–Kier alpha value is -2.57. The molecule has 128 valence electrons. The maximum absolute atomic E-state index is 12.2. The average Bonchev–Trinajstić information content (AvgIpc) is 3.13. The topological polar surface area (TPSA) is 83.0 Å². The molecule has 2 aliphatic rings. The molecule has 2 aliphatic heterocycles. The minimum Gasteiger partial charge on any atom is -0.445 e. The Kier molecular flexibility index (Phi) is 5.30. The first-order chi connectivity index (χ1) is 11.7. The van der Waals surface area contributed by atoms with Gasteiger partial charge < -0.3 is 15.0 Å². The standard InChI is InChI=1S/C17H22N4O3/c22-15(20-16-18-8-9-19-16)14-6-10-21(11-7-14)17(23)24-12-13-4-2-1-3-5-13/h1-5,14H,6-12H2,(H2,18,19,20,22). The third-order valence-corrected chi connectivity index (χ3v) is 4.24. The molecule has 24 heavy (non-hydrogen) atoms. The molecular weight excluding hydrogens is 308 g/mol. The van der Waals surface area contributed by atoms with Gasteiger partial charge in [0.15, 0.2) is 5.96 Å². The van der Waals surface area contributed by atoms with Gasteiger partial charge in [-0.3, -0.25) is 15.1 Å². The zero-order chi connectivity index (χ0) is 16.8. The predicted molar refractivity (Wildman–Crippen MR) is 89.4 cm³/mol. The fourth-order valence-electron chi connectivity index (χ4n) is 2.84. The van der Waals surface area contributed by atoms with E-state index in [1.54, 1.807) is 4.90 Å². The van der Waals surface area contributed by atoms with E-state index in [-0.39, 0.29) is 24.5 Å². The van der Waals surface area contributed by atoms with Crippen molar-refractivity contribution in [1.29, 1.82) is 0 Å². The molecule has 1 fully saturated rings. The molecule has 1 aromatic carbocycles. The van der Waals surface area contributed by atoms with Crippen LogP contribution in [0.25, 0.3) is 0 Å². The molecule has 3 rings (SSSR count). The third-order valence-electron chi connectivity index (χ3n) is 4.24. The van der Waals surface area contributed by atoms with Crippen LogP contribution >= 0.6 is 0 Å². The number of amides is 2. The van der Waals surface area contributed by atoms with Gasteiger partial charge >= 0.3 is 6.09 Å². The van der Waals surface area contributed by atoms with E-state index in [0.29, 0.717) is 38.4 Å². The average molecular weight is 330 g/mol. The van der Waals surface area contributed by atoms with E-state index in [4.69, 9.17) is 4.74 Å². The molecular formula is C17H22N4O3. The molecule has 7 heteroatoms. The number of hydrogen-bond acceptors (Lipinski definition) is 5. The van der Waals surface area contributed by atoms with Crippen LogP contribution in [-0.2, 0) is 16.1 Å². The Labute approximate surface area is 141 Å². The van der Waals surface area contributed by atoms with Crippen molar-refractivity contribution in [2.24, 2.45) is 10.9 Å². The minimum atomic E-state index is -0.320. The number of hydrogen-bond donors (Lipinski definition) is 2. The minimum absolute atomic E-state index is 0.0274. The van der Waals surface area contributed by atoms with Crippen molar-refractivity contribution in [2.45, 2.75) is 19.4 Å². The number of aliphatic imine (C=N–C) groups is 1. The maximum Gasteiger partial charge on any atom is 0.410 e. The summed E-state index contributed by atoms with van der Waals surface area (Å²) in [6.45, 7) is 2.80. The van der Waals surface area contributed by atoms with E-state index in [9.17, 15) is 9.59 Å². The number of benzene rings is 1. The van der Waals surface area contributed by atoms with Crippen molar-refractivity contribution in [1.82, 2.24) is 15.5 Å². The first-order valence-corrected chi connectivity index (χ1v) is 8.27. The normalized spacial score (nSPS) is 17.8. The summed E-state index contributed by atoms with van der Waals surface area (Å²) in [5, 5.41) is 5.82. The molecule has 1 saturated heterocycles. The Balaban J connectivity index is 1.41. The zero-order valence-electron chi connectivity index (χ0n) is 13.5. The Morgan fingerprint density at radius 1 is 1.25 bits per heavy atom. The summed E-state index contributed by atoms with van der Waals surface area (Å²) in [5.41, 5.74) is 0.963. The van der Waals surface area contributed by atoms with Gasteiger partial charge in [0.25, 0.3) is 0 Å². The van der Waals surface area contributed by atoms with Crippen LogP contribution in [0, 0.1) is 5.92 Å². The largest absolute Gasteiger partial charge is 0.445 e. The molecule has 0 aliphatic carbocycles. The summed E-state index contributed by atoms with van der Waals surface area (Å²) in [6, 6.07) is 9.59. The first kappa shape index (κ1) is 16.3. The summed E-state index contributed by atoms with van der Waals surface area (Å²) in [4.78, 5) is 30.1. The molecule has 0 radical (unpaired) electrons. The third kappa shape index (κ3) is 4.24. The summed E-state index contributed by atoms with van der Waals surface area (Å²) in [5.74, 6) is 0.443. The smallest absolute Gasteiger partial charge is 0.410 e. The fourth-order valence-corrected chi connectivity index (χ4v) is 2.84. The van der Waals surface area contributed by atoms with Gasteiger partial charge in [0.1, 0.15) is 6.61 Å². The zero-order valence-corrected chi connectivity index (χ0v) is 13.5. The summed E-state index contributed by atoms with van der Waals surface area (Å²) < 4.78 is 5.33. The van der Waals surface area contributed by atoms with Gasteiger partial charge in [0.2, 0.25) is 5.91 Å². The highest BCUT2D eigenvalue weighted by atomic mass is 16.6. The number of likely N-dealkylation sites (tertiary alicyclic amines) is 1. The van der Waals surface area contributed by atoms with Crippen LogP contribution in [-0.4, -0.2) is 49.0 Å². The molecule has 0 aromatic heterocycles. The second kappa shape index (κ2) is 7.81. The summed E-state index contributed by atoms with van der Waals surface area (Å²) >= 11 is 0. The van der Waals surface area contributed by atoms with E-state index in [1.807, 2.05) is 30.3 Å². The number of ether oxygens (including phenoxy) is 1. The number of nitrogens with zero attached hydrogens (tertiary/aromatic N) is 2. The lowest BCUT2D eigenvalue weighted by atomic mass is 9.96. The Morgan fingerprint density at radius 2 is 2.00 bits per heavy atom. The fraction of sp³-hybridized carbons (Fsp3) is 0.471. The van der Waals surface area contributed by atoms with Gasteiger partial charge in [-0.1, -0.05) is 30.3 Å².